The Morgan fingerprint density at radius 1 is 1.00 bits per heavy atom. The third-order valence-electron chi connectivity index (χ3n) is 4.36. The van der Waals surface area contributed by atoms with Gasteiger partial charge in [0.25, 0.3) is 11.8 Å². The molecule has 4 rings (SSSR count). The van der Waals surface area contributed by atoms with Crippen LogP contribution in [-0.2, 0) is 9.59 Å². The molecule has 142 valence electrons. The first-order valence-corrected chi connectivity index (χ1v) is 9.21. The predicted octanol–water partition coefficient (Wildman–Crippen LogP) is 3.46. The minimum atomic E-state index is -0.776. The van der Waals surface area contributed by atoms with Crippen molar-refractivity contribution >= 4 is 45.5 Å². The number of amides is 4. The van der Waals surface area contributed by atoms with E-state index in [1.54, 1.807) is 24.3 Å². The normalized spacial score (nSPS) is 17.3. The first-order valence-electron chi connectivity index (χ1n) is 8.42. The average molecular weight is 443 g/mol. The summed E-state index contributed by atoms with van der Waals surface area (Å²) in [5.41, 5.74) is 2.60. The van der Waals surface area contributed by atoms with Gasteiger partial charge in [0.05, 0.1) is 5.69 Å². The van der Waals surface area contributed by atoms with Crippen LogP contribution in [0.25, 0.3) is 6.08 Å². The van der Waals surface area contributed by atoms with Gasteiger partial charge in [-0.2, -0.15) is 0 Å². The second-order valence-corrected chi connectivity index (χ2v) is 7.39. The van der Waals surface area contributed by atoms with Crippen LogP contribution in [0.15, 0.2) is 40.4 Å². The van der Waals surface area contributed by atoms with Gasteiger partial charge in [-0.25, -0.2) is 9.69 Å². The zero-order valence-corrected chi connectivity index (χ0v) is 16.6. The molecule has 0 spiro atoms. The van der Waals surface area contributed by atoms with E-state index in [-0.39, 0.29) is 12.4 Å². The van der Waals surface area contributed by atoms with Crippen LogP contribution in [0.3, 0.4) is 0 Å². The molecule has 2 aliphatic rings. The number of anilines is 1. The molecule has 4 amide bonds. The van der Waals surface area contributed by atoms with Crippen molar-refractivity contribution in [3.05, 3.63) is 57.1 Å². The van der Waals surface area contributed by atoms with Gasteiger partial charge in [-0.3, -0.25) is 14.9 Å². The van der Waals surface area contributed by atoms with E-state index in [0.29, 0.717) is 27.2 Å². The Morgan fingerprint density at radius 2 is 1.64 bits per heavy atom. The highest BCUT2D eigenvalue weighted by atomic mass is 79.9. The summed E-state index contributed by atoms with van der Waals surface area (Å²) in [4.78, 5) is 38.7. The Morgan fingerprint density at radius 3 is 2.32 bits per heavy atom. The van der Waals surface area contributed by atoms with Crippen molar-refractivity contribution in [2.45, 2.75) is 13.8 Å². The van der Waals surface area contributed by atoms with Crippen molar-refractivity contribution in [2.24, 2.45) is 0 Å². The molecule has 0 atom stereocenters. The largest absolute Gasteiger partial charge is 0.454 e. The van der Waals surface area contributed by atoms with Gasteiger partial charge in [-0.05, 0) is 60.9 Å². The number of benzene rings is 2. The lowest BCUT2D eigenvalue weighted by Gasteiger charge is -2.27. The Labute approximate surface area is 169 Å². The fourth-order valence-electron chi connectivity index (χ4n) is 3.17. The molecule has 2 aromatic rings. The number of halogens is 1. The molecule has 1 saturated heterocycles. The predicted molar refractivity (Wildman–Crippen MR) is 105 cm³/mol. The Hall–Kier alpha value is -3.13. The lowest BCUT2D eigenvalue weighted by molar-refractivity contribution is -0.122. The van der Waals surface area contributed by atoms with E-state index < -0.39 is 17.8 Å². The van der Waals surface area contributed by atoms with Crippen LogP contribution >= 0.6 is 15.9 Å². The lowest BCUT2D eigenvalue weighted by atomic mass is 10.1. The van der Waals surface area contributed by atoms with E-state index in [1.165, 1.54) is 6.08 Å². The fourth-order valence-corrected chi connectivity index (χ4v) is 3.61. The molecule has 28 heavy (non-hydrogen) atoms. The SMILES string of the molecule is Cc1cc(C)cc(N2C(=O)NC(=O)/C(=C\c3cc4c(cc3Br)OCO4)C2=O)c1. The maximum absolute atomic E-state index is 13.0. The fraction of sp³-hybridized carbons (Fsp3) is 0.150. The number of nitrogens with one attached hydrogen (secondary N) is 1. The molecule has 7 nitrogen and oxygen atoms in total. The zero-order chi connectivity index (χ0) is 20.0. The second kappa shape index (κ2) is 6.79. The Bertz CT molecular complexity index is 1060. The molecule has 2 aromatic carbocycles. The number of carbonyl (C=O) groups excluding carboxylic acids is 3. The van der Waals surface area contributed by atoms with Crippen molar-refractivity contribution in [3.8, 4) is 11.5 Å². The van der Waals surface area contributed by atoms with Gasteiger partial charge in [0.15, 0.2) is 11.5 Å². The van der Waals surface area contributed by atoms with E-state index in [0.717, 1.165) is 16.0 Å². The van der Waals surface area contributed by atoms with E-state index in [1.807, 2.05) is 19.9 Å². The zero-order valence-electron chi connectivity index (χ0n) is 15.0. The number of hydrogen-bond acceptors (Lipinski definition) is 5. The average Bonchev–Trinajstić information content (AvgIpc) is 3.04. The Kier molecular flexibility index (Phi) is 4.43. The van der Waals surface area contributed by atoms with E-state index >= 15 is 0 Å². The molecule has 2 heterocycles. The summed E-state index contributed by atoms with van der Waals surface area (Å²) < 4.78 is 11.3. The third kappa shape index (κ3) is 3.16. The number of nitrogens with zero attached hydrogens (tertiary/aromatic N) is 1. The third-order valence-corrected chi connectivity index (χ3v) is 5.04. The van der Waals surface area contributed by atoms with Gasteiger partial charge in [0, 0.05) is 4.47 Å². The smallest absolute Gasteiger partial charge is 0.335 e. The minimum Gasteiger partial charge on any atom is -0.454 e. The number of urea groups is 1. The van der Waals surface area contributed by atoms with Gasteiger partial charge in [-0.15, -0.1) is 0 Å². The minimum absolute atomic E-state index is 0.107. The van der Waals surface area contributed by atoms with Gasteiger partial charge in [0.2, 0.25) is 6.79 Å². The van der Waals surface area contributed by atoms with E-state index in [9.17, 15) is 14.4 Å². The highest BCUT2D eigenvalue weighted by Crippen LogP contribution is 2.38. The van der Waals surface area contributed by atoms with Crippen molar-refractivity contribution in [1.82, 2.24) is 5.32 Å². The molecule has 1 fully saturated rings. The molecular formula is C20H15BrN2O5. The summed E-state index contributed by atoms with van der Waals surface area (Å²) in [7, 11) is 0. The van der Waals surface area contributed by atoms with Crippen LogP contribution in [0.5, 0.6) is 11.5 Å². The number of fused-ring (bicyclic) bond motifs is 1. The van der Waals surface area contributed by atoms with Gasteiger partial charge in [-0.1, -0.05) is 22.0 Å². The van der Waals surface area contributed by atoms with E-state index in [2.05, 4.69) is 21.2 Å². The monoisotopic (exact) mass is 442 g/mol. The molecule has 2 aliphatic heterocycles. The van der Waals surface area contributed by atoms with Crippen LogP contribution in [-0.4, -0.2) is 24.6 Å². The van der Waals surface area contributed by atoms with Crippen LogP contribution in [0.1, 0.15) is 16.7 Å². The van der Waals surface area contributed by atoms with Crippen LogP contribution < -0.4 is 19.7 Å². The molecule has 8 heteroatoms. The summed E-state index contributed by atoms with van der Waals surface area (Å²) in [6.45, 7) is 3.85. The number of hydrogen-bond donors (Lipinski definition) is 1. The van der Waals surface area contributed by atoms with Crippen LogP contribution in [0.4, 0.5) is 10.5 Å². The van der Waals surface area contributed by atoms with Gasteiger partial charge >= 0.3 is 6.03 Å². The van der Waals surface area contributed by atoms with Crippen molar-refractivity contribution in [2.75, 3.05) is 11.7 Å². The first kappa shape index (κ1) is 18.2. The molecule has 1 N–H and O–H groups in total. The van der Waals surface area contributed by atoms with Gasteiger partial charge < -0.3 is 9.47 Å². The topological polar surface area (TPSA) is 84.9 Å². The van der Waals surface area contributed by atoms with Crippen LogP contribution in [0, 0.1) is 13.8 Å². The number of aryl methyl sites for hydroxylation is 2. The number of imide groups is 2. The molecule has 0 bridgehead atoms. The lowest BCUT2D eigenvalue weighted by Crippen LogP contribution is -2.54. The molecule has 0 unspecified atom stereocenters. The molecule has 0 aromatic heterocycles. The molecule has 0 saturated carbocycles. The summed E-state index contributed by atoms with van der Waals surface area (Å²) in [5.74, 6) is -0.357. The standard InChI is InChI=1S/C20H15BrN2O5/c1-10-3-11(2)5-13(4-10)23-19(25)14(18(24)22-20(23)26)6-12-7-16-17(8-15(12)21)28-9-27-16/h3-8H,9H2,1-2H3,(H,22,24,26)/b14-6+. The maximum Gasteiger partial charge on any atom is 0.335 e. The number of ether oxygens (including phenoxy) is 2. The van der Waals surface area contributed by atoms with E-state index in [4.69, 9.17) is 9.47 Å². The summed E-state index contributed by atoms with van der Waals surface area (Å²) in [6.07, 6.45) is 1.42. The summed E-state index contributed by atoms with van der Waals surface area (Å²) in [5, 5.41) is 2.23. The molecular weight excluding hydrogens is 428 g/mol. The highest BCUT2D eigenvalue weighted by molar-refractivity contribution is 9.10. The first-order chi connectivity index (χ1) is 13.3. The van der Waals surface area contributed by atoms with Crippen molar-refractivity contribution in [1.29, 1.82) is 0 Å². The van der Waals surface area contributed by atoms with Crippen LogP contribution in [0.2, 0.25) is 0 Å². The summed E-state index contributed by atoms with van der Waals surface area (Å²) >= 11 is 3.40. The Balaban J connectivity index is 1.77. The number of carbonyl (C=O) groups is 3. The maximum atomic E-state index is 13.0. The van der Waals surface area contributed by atoms with Crippen molar-refractivity contribution in [3.63, 3.8) is 0 Å². The molecule has 0 radical (unpaired) electrons. The number of barbiturate groups is 1. The highest BCUT2D eigenvalue weighted by Gasteiger charge is 2.37. The van der Waals surface area contributed by atoms with Crippen molar-refractivity contribution < 1.29 is 23.9 Å². The molecule has 0 aliphatic carbocycles. The number of rotatable bonds is 2. The quantitative estimate of drug-likeness (QED) is 0.568. The van der Waals surface area contributed by atoms with Gasteiger partial charge in [0.1, 0.15) is 5.57 Å². The second-order valence-electron chi connectivity index (χ2n) is 6.53. The summed E-state index contributed by atoms with van der Waals surface area (Å²) in [6, 6.07) is 7.95.